The fraction of sp³-hybridized carbons (Fsp3) is 0.182. The maximum Gasteiger partial charge on any atom is 0.234 e. The predicted molar refractivity (Wildman–Crippen MR) is 62.7 cm³/mol. The van der Waals surface area contributed by atoms with Gasteiger partial charge in [0.25, 0.3) is 0 Å². The molecular weight excluding hydrogens is 208 g/mol. The third-order valence-corrected chi connectivity index (χ3v) is 3.38. The second-order valence-electron chi connectivity index (χ2n) is 3.47. The molecule has 3 nitrogen and oxygen atoms in total. The van der Waals surface area contributed by atoms with Crippen LogP contribution in [0, 0.1) is 0 Å². The van der Waals surface area contributed by atoms with Gasteiger partial charge >= 0.3 is 0 Å². The van der Waals surface area contributed by atoms with E-state index in [2.05, 4.69) is 6.07 Å². The minimum absolute atomic E-state index is 0.453. The van der Waals surface area contributed by atoms with Crippen molar-refractivity contribution in [1.82, 2.24) is 0 Å². The molecule has 1 unspecified atom stereocenters. The normalized spacial score (nSPS) is 12.9. The Kier molecular flexibility index (Phi) is 2.70. The van der Waals surface area contributed by atoms with Gasteiger partial charge in [-0.05, 0) is 28.8 Å². The zero-order chi connectivity index (χ0) is 10.8. The molecule has 4 N–H and O–H groups in total. The van der Waals surface area contributed by atoms with Crippen LogP contribution in [0.4, 0.5) is 0 Å². The number of fused-ring (bicyclic) bond motifs is 1. The maximum absolute atomic E-state index is 10.9. The first-order valence-corrected chi connectivity index (χ1v) is 5.56. The van der Waals surface area contributed by atoms with Crippen LogP contribution in [0.2, 0.25) is 0 Å². The summed E-state index contributed by atoms with van der Waals surface area (Å²) in [6.07, 6.45) is 0.513. The predicted octanol–water partition coefficient (Wildman–Crippen LogP) is 1.26. The molecule has 0 saturated heterocycles. The van der Waals surface area contributed by atoms with Crippen LogP contribution in [0.1, 0.15) is 5.56 Å². The summed E-state index contributed by atoms with van der Waals surface area (Å²) in [5.41, 5.74) is 11.9. The summed E-state index contributed by atoms with van der Waals surface area (Å²) < 4.78 is 1.21. The van der Waals surface area contributed by atoms with Gasteiger partial charge < -0.3 is 11.5 Å². The Labute approximate surface area is 91.7 Å². The van der Waals surface area contributed by atoms with Crippen LogP contribution in [-0.4, -0.2) is 11.9 Å². The highest BCUT2D eigenvalue weighted by Crippen LogP contribution is 2.26. The molecule has 2 aromatic rings. The number of carbonyl (C=O) groups excluding carboxylic acids is 1. The molecule has 0 saturated carbocycles. The Morgan fingerprint density at radius 2 is 2.13 bits per heavy atom. The minimum Gasteiger partial charge on any atom is -0.368 e. The molecule has 0 radical (unpaired) electrons. The molecule has 0 aliphatic carbocycles. The molecule has 0 bridgehead atoms. The highest BCUT2D eigenvalue weighted by molar-refractivity contribution is 7.17. The number of rotatable bonds is 3. The van der Waals surface area contributed by atoms with E-state index in [-0.39, 0.29) is 0 Å². The number of nitrogens with two attached hydrogens (primary N) is 2. The van der Waals surface area contributed by atoms with Gasteiger partial charge in [-0.2, -0.15) is 0 Å². The third-order valence-electron chi connectivity index (χ3n) is 2.37. The number of carbonyl (C=O) groups is 1. The average molecular weight is 220 g/mol. The van der Waals surface area contributed by atoms with Crippen LogP contribution in [0.3, 0.4) is 0 Å². The van der Waals surface area contributed by atoms with E-state index in [0.29, 0.717) is 6.42 Å². The van der Waals surface area contributed by atoms with Crippen LogP contribution >= 0.6 is 11.3 Å². The van der Waals surface area contributed by atoms with Gasteiger partial charge in [0, 0.05) is 4.70 Å². The molecule has 0 aliphatic heterocycles. The van der Waals surface area contributed by atoms with Crippen molar-refractivity contribution in [2.45, 2.75) is 12.5 Å². The molecular formula is C11H12N2OS. The zero-order valence-electron chi connectivity index (χ0n) is 8.14. The largest absolute Gasteiger partial charge is 0.368 e. The molecule has 0 aliphatic rings. The van der Waals surface area contributed by atoms with E-state index in [0.717, 1.165) is 5.56 Å². The smallest absolute Gasteiger partial charge is 0.234 e. The number of amides is 1. The lowest BCUT2D eigenvalue weighted by Crippen LogP contribution is -2.38. The number of hydrogen-bond acceptors (Lipinski definition) is 3. The number of hydrogen-bond donors (Lipinski definition) is 2. The Hall–Kier alpha value is -1.39. The van der Waals surface area contributed by atoms with E-state index >= 15 is 0 Å². The Morgan fingerprint density at radius 1 is 1.40 bits per heavy atom. The van der Waals surface area contributed by atoms with E-state index in [9.17, 15) is 4.79 Å². The van der Waals surface area contributed by atoms with E-state index < -0.39 is 11.9 Å². The van der Waals surface area contributed by atoms with E-state index in [1.54, 1.807) is 11.3 Å². The van der Waals surface area contributed by atoms with Crippen molar-refractivity contribution in [2.75, 3.05) is 0 Å². The lowest BCUT2D eigenvalue weighted by atomic mass is 10.1. The van der Waals surface area contributed by atoms with E-state index in [1.807, 2.05) is 23.6 Å². The van der Waals surface area contributed by atoms with Gasteiger partial charge in [-0.3, -0.25) is 4.79 Å². The highest BCUT2D eigenvalue weighted by atomic mass is 32.1. The summed E-state index contributed by atoms with van der Waals surface area (Å²) >= 11 is 1.66. The molecule has 1 atom stereocenters. The first-order chi connectivity index (χ1) is 7.18. The van der Waals surface area contributed by atoms with E-state index in [1.165, 1.54) is 10.1 Å². The topological polar surface area (TPSA) is 69.1 Å². The lowest BCUT2D eigenvalue weighted by molar-refractivity contribution is -0.119. The maximum atomic E-state index is 10.9. The minimum atomic E-state index is -0.594. The van der Waals surface area contributed by atoms with Crippen molar-refractivity contribution >= 4 is 27.3 Å². The Morgan fingerprint density at radius 3 is 2.87 bits per heavy atom. The standard InChI is InChI=1S/C11H12N2OS/c12-9(11(13)14)5-7-6-15-10-4-2-1-3-8(7)10/h1-4,6,9H,5,12H2,(H2,13,14). The summed E-state index contributed by atoms with van der Waals surface area (Å²) in [5.74, 6) is -0.453. The van der Waals surface area contributed by atoms with Crippen LogP contribution in [0.25, 0.3) is 10.1 Å². The summed E-state index contributed by atoms with van der Waals surface area (Å²) in [6, 6.07) is 7.47. The number of benzene rings is 1. The molecule has 1 aromatic heterocycles. The molecule has 0 fully saturated rings. The first-order valence-electron chi connectivity index (χ1n) is 4.68. The van der Waals surface area contributed by atoms with Crippen LogP contribution < -0.4 is 11.5 Å². The average Bonchev–Trinajstić information content (AvgIpc) is 2.62. The molecule has 1 heterocycles. The molecule has 1 aromatic carbocycles. The summed E-state index contributed by atoms with van der Waals surface area (Å²) in [6.45, 7) is 0. The zero-order valence-corrected chi connectivity index (χ0v) is 8.96. The van der Waals surface area contributed by atoms with Crippen molar-refractivity contribution < 1.29 is 4.79 Å². The Bertz CT molecular complexity index is 492. The second kappa shape index (κ2) is 4.00. The molecule has 2 rings (SSSR count). The highest BCUT2D eigenvalue weighted by Gasteiger charge is 2.12. The molecule has 4 heteroatoms. The van der Waals surface area contributed by atoms with Crippen molar-refractivity contribution in [3.63, 3.8) is 0 Å². The van der Waals surface area contributed by atoms with E-state index in [4.69, 9.17) is 11.5 Å². The lowest BCUT2D eigenvalue weighted by Gasteiger charge is -2.05. The van der Waals surface area contributed by atoms with Gasteiger partial charge in [0.2, 0.25) is 5.91 Å². The SMILES string of the molecule is NC(=O)C(N)Cc1csc2ccccc12. The summed E-state index contributed by atoms with van der Waals surface area (Å²) in [7, 11) is 0. The molecule has 15 heavy (non-hydrogen) atoms. The number of primary amides is 1. The van der Waals surface area contributed by atoms with Crippen LogP contribution in [0.15, 0.2) is 29.6 Å². The van der Waals surface area contributed by atoms with Gasteiger partial charge in [-0.1, -0.05) is 18.2 Å². The quantitative estimate of drug-likeness (QED) is 0.817. The molecule has 78 valence electrons. The van der Waals surface area contributed by atoms with Gasteiger partial charge in [-0.25, -0.2) is 0 Å². The van der Waals surface area contributed by atoms with Gasteiger partial charge in [-0.15, -0.1) is 11.3 Å². The van der Waals surface area contributed by atoms with Gasteiger partial charge in [0.1, 0.15) is 0 Å². The van der Waals surface area contributed by atoms with Crippen molar-refractivity contribution in [2.24, 2.45) is 11.5 Å². The molecule has 1 amide bonds. The first kappa shape index (κ1) is 10.1. The van der Waals surface area contributed by atoms with Gasteiger partial charge in [0.05, 0.1) is 6.04 Å². The molecule has 0 spiro atoms. The van der Waals surface area contributed by atoms with Crippen LogP contribution in [-0.2, 0) is 11.2 Å². The summed E-state index contributed by atoms with van der Waals surface area (Å²) in [5, 5.41) is 3.20. The summed E-state index contributed by atoms with van der Waals surface area (Å²) in [4.78, 5) is 10.9. The second-order valence-corrected chi connectivity index (χ2v) is 4.38. The van der Waals surface area contributed by atoms with Crippen molar-refractivity contribution in [1.29, 1.82) is 0 Å². The fourth-order valence-electron chi connectivity index (χ4n) is 1.53. The monoisotopic (exact) mass is 220 g/mol. The number of thiophene rings is 1. The van der Waals surface area contributed by atoms with Crippen molar-refractivity contribution in [3.05, 3.63) is 35.2 Å². The van der Waals surface area contributed by atoms with Gasteiger partial charge in [0.15, 0.2) is 0 Å². The van der Waals surface area contributed by atoms with Crippen molar-refractivity contribution in [3.8, 4) is 0 Å². The third kappa shape index (κ3) is 2.00. The van der Waals surface area contributed by atoms with Crippen LogP contribution in [0.5, 0.6) is 0 Å². The fourth-order valence-corrected chi connectivity index (χ4v) is 2.50. The Balaban J connectivity index is 2.32.